The fourth-order valence-electron chi connectivity index (χ4n) is 2.99. The van der Waals surface area contributed by atoms with Crippen molar-refractivity contribution in [1.29, 1.82) is 0 Å². The fourth-order valence-corrected chi connectivity index (χ4v) is 2.99. The first-order valence-electron chi connectivity index (χ1n) is 8.27. The van der Waals surface area contributed by atoms with Crippen LogP contribution in [0.3, 0.4) is 0 Å². The highest BCUT2D eigenvalue weighted by molar-refractivity contribution is 5.79. The predicted octanol–water partition coefficient (Wildman–Crippen LogP) is 2.19. The Morgan fingerprint density at radius 2 is 2.04 bits per heavy atom. The summed E-state index contributed by atoms with van der Waals surface area (Å²) in [6.07, 6.45) is 5.70. The molecule has 1 aliphatic heterocycles. The highest BCUT2D eigenvalue weighted by Crippen LogP contribution is 2.20. The van der Waals surface area contributed by atoms with Gasteiger partial charge in [0.15, 0.2) is 0 Å². The molecule has 3 rings (SSSR count). The molecular formula is C18H21FN4O. The molecule has 1 aromatic heterocycles. The molecule has 0 radical (unpaired) electrons. The van der Waals surface area contributed by atoms with Crippen LogP contribution < -0.4 is 10.2 Å². The Morgan fingerprint density at radius 3 is 2.83 bits per heavy atom. The van der Waals surface area contributed by atoms with Crippen LogP contribution >= 0.6 is 0 Å². The molecule has 0 saturated carbocycles. The van der Waals surface area contributed by atoms with Gasteiger partial charge in [-0.25, -0.2) is 14.4 Å². The summed E-state index contributed by atoms with van der Waals surface area (Å²) in [5.74, 6) is 0.383. The lowest BCUT2D eigenvalue weighted by Gasteiger charge is -2.31. The van der Waals surface area contributed by atoms with Crippen molar-refractivity contribution in [3.8, 4) is 0 Å². The summed E-state index contributed by atoms with van der Waals surface area (Å²) in [5.41, 5.74) is 0.626. The molecule has 6 heteroatoms. The second-order valence-electron chi connectivity index (χ2n) is 5.97. The Labute approximate surface area is 140 Å². The lowest BCUT2D eigenvalue weighted by molar-refractivity contribution is -0.125. The van der Waals surface area contributed by atoms with Gasteiger partial charge < -0.3 is 10.2 Å². The van der Waals surface area contributed by atoms with Crippen LogP contribution in [0.4, 0.5) is 10.3 Å². The van der Waals surface area contributed by atoms with Crippen LogP contribution in [0.25, 0.3) is 0 Å². The zero-order chi connectivity index (χ0) is 16.8. The predicted molar refractivity (Wildman–Crippen MR) is 90.1 cm³/mol. The number of benzene rings is 1. The van der Waals surface area contributed by atoms with Gasteiger partial charge in [0.1, 0.15) is 5.82 Å². The molecule has 1 aliphatic rings. The first kappa shape index (κ1) is 16.4. The van der Waals surface area contributed by atoms with E-state index in [0.717, 1.165) is 19.4 Å². The number of piperidine rings is 1. The van der Waals surface area contributed by atoms with Gasteiger partial charge in [-0.1, -0.05) is 18.2 Å². The molecule has 1 atom stereocenters. The quantitative estimate of drug-likeness (QED) is 0.914. The van der Waals surface area contributed by atoms with Crippen molar-refractivity contribution in [2.24, 2.45) is 5.92 Å². The average molecular weight is 328 g/mol. The number of rotatable bonds is 5. The molecule has 0 spiro atoms. The van der Waals surface area contributed by atoms with Crippen molar-refractivity contribution in [2.75, 3.05) is 24.5 Å². The van der Waals surface area contributed by atoms with Crippen LogP contribution in [-0.4, -0.2) is 35.5 Å². The average Bonchev–Trinajstić information content (AvgIpc) is 2.64. The van der Waals surface area contributed by atoms with Crippen LogP contribution in [0, 0.1) is 11.7 Å². The maximum atomic E-state index is 13.6. The van der Waals surface area contributed by atoms with E-state index in [4.69, 9.17) is 0 Å². The molecule has 5 nitrogen and oxygen atoms in total. The summed E-state index contributed by atoms with van der Waals surface area (Å²) in [4.78, 5) is 22.9. The molecule has 1 fully saturated rings. The molecular weight excluding hydrogens is 307 g/mol. The highest BCUT2D eigenvalue weighted by Gasteiger charge is 2.26. The van der Waals surface area contributed by atoms with E-state index in [1.165, 1.54) is 6.07 Å². The second kappa shape index (κ2) is 7.86. The Balaban J connectivity index is 1.50. The molecule has 2 heterocycles. The lowest BCUT2D eigenvalue weighted by Crippen LogP contribution is -2.44. The number of carbonyl (C=O) groups excluding carboxylic acids is 1. The number of halogens is 1. The van der Waals surface area contributed by atoms with Gasteiger partial charge in [0.25, 0.3) is 0 Å². The SMILES string of the molecule is O=C(NCCc1ccccc1F)C1CCCN(c2ncccn2)C1. The standard InChI is InChI=1S/C18H21FN4O/c19-16-7-2-1-5-14(16)8-11-20-17(24)15-6-3-12-23(13-15)18-21-9-4-10-22-18/h1-2,4-5,7,9-10,15H,3,6,8,11-13H2,(H,20,24). The first-order chi connectivity index (χ1) is 11.7. The van der Waals surface area contributed by atoms with Gasteiger partial charge in [-0.2, -0.15) is 0 Å². The van der Waals surface area contributed by atoms with E-state index in [9.17, 15) is 9.18 Å². The zero-order valence-electron chi connectivity index (χ0n) is 13.5. The van der Waals surface area contributed by atoms with Crippen molar-refractivity contribution < 1.29 is 9.18 Å². The number of nitrogens with zero attached hydrogens (tertiary/aromatic N) is 3. The topological polar surface area (TPSA) is 58.1 Å². The van der Waals surface area contributed by atoms with Crippen molar-refractivity contribution in [1.82, 2.24) is 15.3 Å². The summed E-state index contributed by atoms with van der Waals surface area (Å²) >= 11 is 0. The third-order valence-electron chi connectivity index (χ3n) is 4.28. The molecule has 24 heavy (non-hydrogen) atoms. The van der Waals surface area contributed by atoms with E-state index < -0.39 is 0 Å². The molecule has 0 aliphatic carbocycles. The van der Waals surface area contributed by atoms with Gasteiger partial charge in [-0.05, 0) is 37.0 Å². The van der Waals surface area contributed by atoms with E-state index in [1.807, 2.05) is 4.90 Å². The van der Waals surface area contributed by atoms with E-state index in [2.05, 4.69) is 15.3 Å². The minimum Gasteiger partial charge on any atom is -0.355 e. The van der Waals surface area contributed by atoms with Gasteiger partial charge in [0.05, 0.1) is 5.92 Å². The summed E-state index contributed by atoms with van der Waals surface area (Å²) in [7, 11) is 0. The van der Waals surface area contributed by atoms with Gasteiger partial charge in [-0.15, -0.1) is 0 Å². The van der Waals surface area contributed by atoms with Crippen molar-refractivity contribution >= 4 is 11.9 Å². The Kier molecular flexibility index (Phi) is 5.36. The first-order valence-corrected chi connectivity index (χ1v) is 8.27. The second-order valence-corrected chi connectivity index (χ2v) is 5.97. The Bertz CT molecular complexity index is 680. The minimum absolute atomic E-state index is 0.0203. The van der Waals surface area contributed by atoms with Gasteiger partial charge in [-0.3, -0.25) is 4.79 Å². The normalized spacial score (nSPS) is 17.5. The molecule has 1 unspecified atom stereocenters. The van der Waals surface area contributed by atoms with Crippen LogP contribution in [0.15, 0.2) is 42.7 Å². The van der Waals surface area contributed by atoms with Crippen molar-refractivity contribution in [3.63, 3.8) is 0 Å². The third-order valence-corrected chi connectivity index (χ3v) is 4.28. The van der Waals surface area contributed by atoms with Crippen molar-refractivity contribution in [2.45, 2.75) is 19.3 Å². The van der Waals surface area contributed by atoms with E-state index in [1.54, 1.807) is 36.7 Å². The zero-order valence-corrected chi connectivity index (χ0v) is 13.5. The Hall–Kier alpha value is -2.50. The van der Waals surface area contributed by atoms with Crippen molar-refractivity contribution in [3.05, 3.63) is 54.1 Å². The Morgan fingerprint density at radius 1 is 1.25 bits per heavy atom. The molecule has 126 valence electrons. The summed E-state index contributed by atoms with van der Waals surface area (Å²) < 4.78 is 13.6. The lowest BCUT2D eigenvalue weighted by atomic mass is 9.97. The summed E-state index contributed by atoms with van der Waals surface area (Å²) in [5, 5.41) is 2.93. The van der Waals surface area contributed by atoms with Gasteiger partial charge in [0.2, 0.25) is 11.9 Å². The number of hydrogen-bond acceptors (Lipinski definition) is 4. The fraction of sp³-hybridized carbons (Fsp3) is 0.389. The maximum Gasteiger partial charge on any atom is 0.225 e. The maximum absolute atomic E-state index is 13.6. The number of nitrogens with one attached hydrogen (secondary N) is 1. The number of aromatic nitrogens is 2. The van der Waals surface area contributed by atoms with E-state index >= 15 is 0 Å². The minimum atomic E-state index is -0.225. The van der Waals surface area contributed by atoms with Gasteiger partial charge in [0, 0.05) is 32.0 Å². The third kappa shape index (κ3) is 4.07. The number of hydrogen-bond donors (Lipinski definition) is 1. The highest BCUT2D eigenvalue weighted by atomic mass is 19.1. The molecule has 1 N–H and O–H groups in total. The molecule has 2 aromatic rings. The van der Waals surface area contributed by atoms with Gasteiger partial charge >= 0.3 is 0 Å². The monoisotopic (exact) mass is 328 g/mol. The van der Waals surface area contributed by atoms with E-state index in [-0.39, 0.29) is 17.6 Å². The van der Waals surface area contributed by atoms with Crippen LogP contribution in [0.2, 0.25) is 0 Å². The summed E-state index contributed by atoms with van der Waals surface area (Å²) in [6.45, 7) is 1.93. The van der Waals surface area contributed by atoms with Crippen LogP contribution in [0.1, 0.15) is 18.4 Å². The molecule has 1 aromatic carbocycles. The molecule has 1 saturated heterocycles. The number of carbonyl (C=O) groups is 1. The largest absolute Gasteiger partial charge is 0.355 e. The smallest absolute Gasteiger partial charge is 0.225 e. The van der Waals surface area contributed by atoms with E-state index in [0.29, 0.717) is 31.0 Å². The van der Waals surface area contributed by atoms with Crippen LogP contribution in [-0.2, 0) is 11.2 Å². The molecule has 0 bridgehead atoms. The molecule has 1 amide bonds. The number of anilines is 1. The number of amides is 1. The summed E-state index contributed by atoms with van der Waals surface area (Å²) in [6, 6.07) is 8.44. The van der Waals surface area contributed by atoms with Crippen LogP contribution in [0.5, 0.6) is 0 Å².